The average molecular weight is 287 g/mol. The van der Waals surface area contributed by atoms with Gasteiger partial charge in [-0.2, -0.15) is 0 Å². The van der Waals surface area contributed by atoms with Gasteiger partial charge >= 0.3 is 0 Å². The summed E-state index contributed by atoms with van der Waals surface area (Å²) >= 11 is 0. The molecule has 0 atom stereocenters. The first-order chi connectivity index (χ1) is 9.88. The average Bonchev–Trinajstić information content (AvgIpc) is 2.43. The molecule has 2 aromatic rings. The van der Waals surface area contributed by atoms with Crippen molar-refractivity contribution in [2.45, 2.75) is 13.8 Å². The summed E-state index contributed by atoms with van der Waals surface area (Å²) in [5, 5.41) is 0. The van der Waals surface area contributed by atoms with Crippen molar-refractivity contribution >= 4 is 11.7 Å². The SMILES string of the molecule is CC(=O)c1cc(F)c(C)cc1Oc1ccc(C(N)=O)cc1. The Hall–Kier alpha value is -2.69. The molecule has 2 N–H and O–H groups in total. The monoisotopic (exact) mass is 287 g/mol. The molecule has 0 radical (unpaired) electrons. The van der Waals surface area contributed by atoms with Crippen LogP contribution in [0.3, 0.4) is 0 Å². The van der Waals surface area contributed by atoms with E-state index in [4.69, 9.17) is 10.5 Å². The first-order valence-corrected chi connectivity index (χ1v) is 6.27. The van der Waals surface area contributed by atoms with Crippen LogP contribution in [-0.4, -0.2) is 11.7 Å². The van der Waals surface area contributed by atoms with Gasteiger partial charge in [-0.05, 0) is 55.8 Å². The van der Waals surface area contributed by atoms with E-state index in [-0.39, 0.29) is 17.1 Å². The van der Waals surface area contributed by atoms with Crippen LogP contribution in [0.4, 0.5) is 4.39 Å². The molecule has 0 unspecified atom stereocenters. The van der Waals surface area contributed by atoms with E-state index < -0.39 is 11.7 Å². The summed E-state index contributed by atoms with van der Waals surface area (Å²) in [5.74, 6) is -0.598. The number of primary amides is 1. The topological polar surface area (TPSA) is 69.4 Å². The minimum Gasteiger partial charge on any atom is -0.457 e. The van der Waals surface area contributed by atoms with Crippen molar-refractivity contribution in [2.24, 2.45) is 5.73 Å². The van der Waals surface area contributed by atoms with Crippen LogP contribution in [0.25, 0.3) is 0 Å². The van der Waals surface area contributed by atoms with Gasteiger partial charge < -0.3 is 10.5 Å². The lowest BCUT2D eigenvalue weighted by atomic mass is 10.1. The van der Waals surface area contributed by atoms with Gasteiger partial charge in [0.2, 0.25) is 5.91 Å². The molecule has 5 heteroatoms. The molecule has 1 amide bonds. The van der Waals surface area contributed by atoms with E-state index in [0.29, 0.717) is 16.9 Å². The third-order valence-electron chi connectivity index (χ3n) is 3.01. The van der Waals surface area contributed by atoms with Crippen molar-refractivity contribution in [3.8, 4) is 11.5 Å². The number of hydrogen-bond donors (Lipinski definition) is 1. The first-order valence-electron chi connectivity index (χ1n) is 6.27. The van der Waals surface area contributed by atoms with Crippen molar-refractivity contribution in [3.05, 3.63) is 58.9 Å². The van der Waals surface area contributed by atoms with E-state index in [1.54, 1.807) is 19.1 Å². The number of nitrogens with two attached hydrogens (primary N) is 1. The molecule has 0 aliphatic heterocycles. The maximum Gasteiger partial charge on any atom is 0.248 e. The van der Waals surface area contributed by atoms with Crippen LogP contribution in [-0.2, 0) is 0 Å². The van der Waals surface area contributed by atoms with Gasteiger partial charge in [0.05, 0.1) is 5.56 Å². The molecule has 0 saturated carbocycles. The van der Waals surface area contributed by atoms with E-state index in [9.17, 15) is 14.0 Å². The van der Waals surface area contributed by atoms with Crippen molar-refractivity contribution in [3.63, 3.8) is 0 Å². The highest BCUT2D eigenvalue weighted by Gasteiger charge is 2.13. The normalized spacial score (nSPS) is 10.2. The summed E-state index contributed by atoms with van der Waals surface area (Å²) in [4.78, 5) is 22.5. The van der Waals surface area contributed by atoms with Gasteiger partial charge in [0.15, 0.2) is 5.78 Å². The van der Waals surface area contributed by atoms with Crippen LogP contribution in [0.1, 0.15) is 33.2 Å². The predicted octanol–water partition coefficient (Wildman–Crippen LogP) is 3.23. The fourth-order valence-corrected chi connectivity index (χ4v) is 1.83. The Morgan fingerprint density at radius 3 is 2.29 bits per heavy atom. The Kier molecular flexibility index (Phi) is 4.03. The van der Waals surface area contributed by atoms with Gasteiger partial charge in [0.25, 0.3) is 0 Å². The number of Topliss-reactive ketones (excluding diaryl/α,β-unsaturated/α-hetero) is 1. The second-order valence-electron chi connectivity index (χ2n) is 4.64. The van der Waals surface area contributed by atoms with Gasteiger partial charge in [-0.1, -0.05) is 0 Å². The summed E-state index contributed by atoms with van der Waals surface area (Å²) in [6.07, 6.45) is 0. The van der Waals surface area contributed by atoms with Gasteiger partial charge in [0.1, 0.15) is 17.3 Å². The lowest BCUT2D eigenvalue weighted by molar-refractivity contribution is 0.0996. The molecular formula is C16H14FNO3. The third kappa shape index (κ3) is 3.25. The molecule has 0 saturated heterocycles. The van der Waals surface area contributed by atoms with Crippen LogP contribution in [0.5, 0.6) is 11.5 Å². The number of amides is 1. The number of carbonyl (C=O) groups excluding carboxylic acids is 2. The van der Waals surface area contributed by atoms with E-state index >= 15 is 0 Å². The van der Waals surface area contributed by atoms with Gasteiger partial charge in [-0.15, -0.1) is 0 Å². The molecule has 0 aliphatic carbocycles. The number of aryl methyl sites for hydroxylation is 1. The summed E-state index contributed by atoms with van der Waals surface area (Å²) in [6, 6.07) is 8.77. The Bertz CT molecular complexity index is 708. The third-order valence-corrected chi connectivity index (χ3v) is 3.01. The van der Waals surface area contributed by atoms with E-state index in [1.165, 1.54) is 25.1 Å². The summed E-state index contributed by atoms with van der Waals surface area (Å²) < 4.78 is 19.1. The number of ketones is 1. The maximum absolute atomic E-state index is 13.5. The molecule has 2 aromatic carbocycles. The van der Waals surface area contributed by atoms with Crippen molar-refractivity contribution in [2.75, 3.05) is 0 Å². The highest BCUT2D eigenvalue weighted by Crippen LogP contribution is 2.28. The lowest BCUT2D eigenvalue weighted by Gasteiger charge is -2.11. The Morgan fingerprint density at radius 2 is 1.76 bits per heavy atom. The molecule has 0 bridgehead atoms. The molecule has 0 aliphatic rings. The minimum absolute atomic E-state index is 0.164. The second kappa shape index (κ2) is 5.75. The highest BCUT2D eigenvalue weighted by molar-refractivity contribution is 5.97. The Balaban J connectivity index is 2.36. The van der Waals surface area contributed by atoms with Gasteiger partial charge in [0, 0.05) is 5.56 Å². The van der Waals surface area contributed by atoms with E-state index in [2.05, 4.69) is 0 Å². The van der Waals surface area contributed by atoms with Crippen LogP contribution in [0.15, 0.2) is 36.4 Å². The fraction of sp³-hybridized carbons (Fsp3) is 0.125. The molecule has 0 aromatic heterocycles. The molecule has 2 rings (SSSR count). The van der Waals surface area contributed by atoms with E-state index in [1.807, 2.05) is 0 Å². The smallest absolute Gasteiger partial charge is 0.248 e. The fourth-order valence-electron chi connectivity index (χ4n) is 1.83. The largest absolute Gasteiger partial charge is 0.457 e. The molecule has 108 valence electrons. The Labute approximate surface area is 121 Å². The standard InChI is InChI=1S/C16H14FNO3/c1-9-7-15(13(10(2)19)8-14(9)17)21-12-5-3-11(4-6-12)16(18)20/h3-8H,1-2H3,(H2,18,20). The summed E-state index contributed by atoms with van der Waals surface area (Å²) in [5.41, 5.74) is 6.04. The molecule has 0 heterocycles. The first kappa shape index (κ1) is 14.7. The van der Waals surface area contributed by atoms with Crippen LogP contribution >= 0.6 is 0 Å². The number of ether oxygens (including phenoxy) is 1. The molecular weight excluding hydrogens is 273 g/mol. The number of hydrogen-bond acceptors (Lipinski definition) is 3. The Morgan fingerprint density at radius 1 is 1.14 bits per heavy atom. The van der Waals surface area contributed by atoms with Crippen molar-refractivity contribution in [1.82, 2.24) is 0 Å². The lowest BCUT2D eigenvalue weighted by Crippen LogP contribution is -2.10. The summed E-state index contributed by atoms with van der Waals surface area (Å²) in [7, 11) is 0. The van der Waals surface area contributed by atoms with Crippen LogP contribution < -0.4 is 10.5 Å². The zero-order valence-corrected chi connectivity index (χ0v) is 11.6. The minimum atomic E-state index is -0.538. The molecule has 0 fully saturated rings. The van der Waals surface area contributed by atoms with Crippen LogP contribution in [0, 0.1) is 12.7 Å². The zero-order chi connectivity index (χ0) is 15.6. The molecule has 4 nitrogen and oxygen atoms in total. The predicted molar refractivity (Wildman–Crippen MR) is 76.2 cm³/mol. The highest BCUT2D eigenvalue weighted by atomic mass is 19.1. The molecule has 0 spiro atoms. The van der Waals surface area contributed by atoms with Crippen LogP contribution in [0.2, 0.25) is 0 Å². The number of halogens is 1. The van der Waals surface area contributed by atoms with Gasteiger partial charge in [-0.25, -0.2) is 4.39 Å². The quantitative estimate of drug-likeness (QED) is 0.878. The van der Waals surface area contributed by atoms with E-state index in [0.717, 1.165) is 6.07 Å². The second-order valence-corrected chi connectivity index (χ2v) is 4.64. The number of carbonyl (C=O) groups is 2. The van der Waals surface area contributed by atoms with Crippen molar-refractivity contribution < 1.29 is 18.7 Å². The summed E-state index contributed by atoms with van der Waals surface area (Å²) in [6.45, 7) is 2.93. The number of rotatable bonds is 4. The number of benzene rings is 2. The zero-order valence-electron chi connectivity index (χ0n) is 11.6. The maximum atomic E-state index is 13.5. The molecule has 21 heavy (non-hydrogen) atoms. The van der Waals surface area contributed by atoms with Crippen molar-refractivity contribution in [1.29, 1.82) is 0 Å². The van der Waals surface area contributed by atoms with Gasteiger partial charge in [-0.3, -0.25) is 9.59 Å².